The van der Waals surface area contributed by atoms with Gasteiger partial charge in [0.25, 0.3) is 0 Å². The van der Waals surface area contributed by atoms with Gasteiger partial charge in [-0.3, -0.25) is 0 Å². The van der Waals surface area contributed by atoms with Gasteiger partial charge in [-0.2, -0.15) is 0 Å². The highest BCUT2D eigenvalue weighted by Crippen LogP contribution is 2.34. The van der Waals surface area contributed by atoms with Gasteiger partial charge >= 0.3 is 0 Å². The third kappa shape index (κ3) is 2.44. The molecule has 1 aromatic rings. The Hall–Kier alpha value is -1.30. The topological polar surface area (TPSA) is 0 Å². The van der Waals surface area contributed by atoms with Gasteiger partial charge in [-0.05, 0) is 35.1 Å². The monoisotopic (exact) mass is 210 g/mol. The Morgan fingerprint density at radius 1 is 1.25 bits per heavy atom. The molecule has 0 fully saturated rings. The number of rotatable bonds is 1. The lowest BCUT2D eigenvalue weighted by Crippen LogP contribution is -2.12. The molecule has 1 aromatic carbocycles. The maximum absolute atomic E-state index is 3.61. The molecule has 0 N–H and O–H groups in total. The highest BCUT2D eigenvalue weighted by atomic mass is 14.2. The summed E-state index contributed by atoms with van der Waals surface area (Å²) in [5, 5.41) is 0. The first-order valence-corrected chi connectivity index (χ1v) is 5.84. The third-order valence-electron chi connectivity index (χ3n) is 2.90. The van der Waals surface area contributed by atoms with Crippen LogP contribution >= 0.6 is 0 Å². The minimum atomic E-state index is 0.184. The van der Waals surface area contributed by atoms with Crippen LogP contribution in [0.1, 0.15) is 38.7 Å². The molecule has 0 aromatic heterocycles. The van der Waals surface area contributed by atoms with Crippen molar-refractivity contribution in [1.82, 2.24) is 0 Å². The van der Waals surface area contributed by atoms with E-state index in [2.05, 4.69) is 57.2 Å². The largest absolute Gasteiger partial charge is 0.0833 e. The van der Waals surface area contributed by atoms with E-state index in [1.807, 2.05) is 12.1 Å². The summed E-state index contributed by atoms with van der Waals surface area (Å²) in [6.45, 7) is 6.70. The summed E-state index contributed by atoms with van der Waals surface area (Å²) >= 11 is 0. The summed E-state index contributed by atoms with van der Waals surface area (Å²) in [6.07, 6.45) is 9.11. The summed E-state index contributed by atoms with van der Waals surface area (Å²) in [4.78, 5) is 0. The van der Waals surface area contributed by atoms with Crippen LogP contribution in [0.25, 0.3) is 0 Å². The predicted octanol–water partition coefficient (Wildman–Crippen LogP) is 4.31. The number of benzene rings is 1. The van der Waals surface area contributed by atoms with Gasteiger partial charge in [-0.15, -0.1) is 0 Å². The molecule has 0 heterocycles. The van der Waals surface area contributed by atoms with E-state index < -0.39 is 0 Å². The summed E-state index contributed by atoms with van der Waals surface area (Å²) in [5.41, 5.74) is 2.74. The summed E-state index contributed by atoms with van der Waals surface area (Å²) in [6, 6.07) is 11.5. The molecule has 0 saturated carbocycles. The lowest BCUT2D eigenvalue weighted by atomic mass is 9.79. The van der Waals surface area contributed by atoms with Gasteiger partial charge in [0.1, 0.15) is 0 Å². The Morgan fingerprint density at radius 2 is 2.06 bits per heavy atom. The summed E-state index contributed by atoms with van der Waals surface area (Å²) in [7, 11) is 0. The molecule has 2 rings (SSSR count). The second kappa shape index (κ2) is 4.29. The maximum Gasteiger partial charge on any atom is 0.0136 e. The molecule has 1 unspecified atom stereocenters. The van der Waals surface area contributed by atoms with E-state index >= 15 is 0 Å². The average molecular weight is 210 g/mol. The molecule has 1 aliphatic rings. The molecule has 0 aliphatic heterocycles. The molecule has 0 heteroatoms. The smallest absolute Gasteiger partial charge is 0.0136 e. The molecule has 0 nitrogen and oxygen atoms in total. The van der Waals surface area contributed by atoms with Crippen molar-refractivity contribution in [3.63, 3.8) is 0 Å². The first-order chi connectivity index (χ1) is 7.57. The standard InChI is InChI=1S/C16H18/c1-16(2,3)15-11-7-10-14(12-15)13-8-5-4-6-9-13/h4-8,11,14H,10H2,1-3H3. The molecular weight excluding hydrogens is 192 g/mol. The van der Waals surface area contributed by atoms with Crippen LogP contribution in [0.15, 0.2) is 42.0 Å². The molecule has 0 spiro atoms. The molecule has 1 aliphatic carbocycles. The summed E-state index contributed by atoms with van der Waals surface area (Å²) in [5.74, 6) is 0.375. The van der Waals surface area contributed by atoms with Crippen LogP contribution in [0.3, 0.4) is 0 Å². The van der Waals surface area contributed by atoms with Crippen molar-refractivity contribution in [3.8, 4) is 0 Å². The molecular formula is C16H18. The molecule has 0 amide bonds. The summed E-state index contributed by atoms with van der Waals surface area (Å²) < 4.78 is 0. The van der Waals surface area contributed by atoms with Crippen molar-refractivity contribution in [2.75, 3.05) is 0 Å². The van der Waals surface area contributed by atoms with E-state index in [1.54, 1.807) is 0 Å². The van der Waals surface area contributed by atoms with Crippen molar-refractivity contribution in [2.24, 2.45) is 5.41 Å². The third-order valence-corrected chi connectivity index (χ3v) is 2.90. The van der Waals surface area contributed by atoms with Gasteiger partial charge in [0.15, 0.2) is 0 Å². The number of allylic oxidation sites excluding steroid dienone is 4. The van der Waals surface area contributed by atoms with Crippen molar-refractivity contribution >= 4 is 0 Å². The van der Waals surface area contributed by atoms with Crippen LogP contribution in [0, 0.1) is 17.6 Å². The van der Waals surface area contributed by atoms with Gasteiger partial charge in [-0.1, -0.05) is 57.2 Å². The molecule has 2 radical (unpaired) electrons. The Bertz CT molecular complexity index is 401. The van der Waals surface area contributed by atoms with E-state index in [-0.39, 0.29) is 5.41 Å². The normalized spacial score (nSPS) is 20.7. The average Bonchev–Trinajstić information content (AvgIpc) is 2.29. The van der Waals surface area contributed by atoms with Crippen molar-refractivity contribution < 1.29 is 0 Å². The van der Waals surface area contributed by atoms with Crippen LogP contribution in [0.2, 0.25) is 0 Å². The second-order valence-electron chi connectivity index (χ2n) is 5.32. The van der Waals surface area contributed by atoms with Crippen LogP contribution in [-0.2, 0) is 0 Å². The lowest BCUT2D eigenvalue weighted by molar-refractivity contribution is 0.505. The zero-order valence-corrected chi connectivity index (χ0v) is 10.2. The zero-order valence-electron chi connectivity index (χ0n) is 10.2. The molecule has 0 saturated heterocycles. The highest BCUT2D eigenvalue weighted by molar-refractivity contribution is 5.32. The van der Waals surface area contributed by atoms with Crippen molar-refractivity contribution in [3.05, 3.63) is 59.7 Å². The van der Waals surface area contributed by atoms with E-state index in [1.165, 1.54) is 11.1 Å². The van der Waals surface area contributed by atoms with Crippen LogP contribution < -0.4 is 0 Å². The Kier molecular flexibility index (Phi) is 3.00. The predicted molar refractivity (Wildman–Crippen MR) is 68.0 cm³/mol. The van der Waals surface area contributed by atoms with Gasteiger partial charge in [0.2, 0.25) is 0 Å². The fourth-order valence-corrected chi connectivity index (χ4v) is 1.91. The number of hydrogen-bond acceptors (Lipinski definition) is 0. The highest BCUT2D eigenvalue weighted by Gasteiger charge is 2.20. The van der Waals surface area contributed by atoms with E-state index in [4.69, 9.17) is 0 Å². The van der Waals surface area contributed by atoms with Crippen molar-refractivity contribution in [1.29, 1.82) is 0 Å². The number of hydrogen-bond donors (Lipinski definition) is 0. The van der Waals surface area contributed by atoms with E-state index in [9.17, 15) is 0 Å². The van der Waals surface area contributed by atoms with E-state index in [0.29, 0.717) is 5.92 Å². The fraction of sp³-hybridized carbons (Fsp3) is 0.375. The maximum atomic E-state index is 3.61. The van der Waals surface area contributed by atoms with Gasteiger partial charge < -0.3 is 0 Å². The first kappa shape index (κ1) is 11.2. The van der Waals surface area contributed by atoms with Crippen LogP contribution in [-0.4, -0.2) is 0 Å². The van der Waals surface area contributed by atoms with E-state index in [0.717, 1.165) is 6.42 Å². The molecule has 1 atom stereocenters. The fourth-order valence-electron chi connectivity index (χ4n) is 1.91. The van der Waals surface area contributed by atoms with Gasteiger partial charge in [0.05, 0.1) is 0 Å². The first-order valence-electron chi connectivity index (χ1n) is 5.84. The quantitative estimate of drug-likeness (QED) is 0.648. The lowest BCUT2D eigenvalue weighted by Gasteiger charge is -2.25. The SMILES string of the molecule is CC(C)(C)C1=[C]C(c2[c]cccc2)CC=C1. The molecule has 16 heavy (non-hydrogen) atoms. The Morgan fingerprint density at radius 3 is 2.69 bits per heavy atom. The Balaban J connectivity index is 2.27. The zero-order chi connectivity index (χ0) is 11.6. The Labute approximate surface area is 98.7 Å². The molecule has 82 valence electrons. The van der Waals surface area contributed by atoms with Crippen LogP contribution in [0.4, 0.5) is 0 Å². The van der Waals surface area contributed by atoms with Gasteiger partial charge in [-0.25, -0.2) is 0 Å². The van der Waals surface area contributed by atoms with Gasteiger partial charge in [0, 0.05) is 5.92 Å². The van der Waals surface area contributed by atoms with Crippen LogP contribution in [0.5, 0.6) is 0 Å². The second-order valence-corrected chi connectivity index (χ2v) is 5.32. The minimum absolute atomic E-state index is 0.184. The van der Waals surface area contributed by atoms with Crippen molar-refractivity contribution in [2.45, 2.75) is 33.1 Å². The molecule has 0 bridgehead atoms. The minimum Gasteiger partial charge on any atom is -0.0833 e.